The van der Waals surface area contributed by atoms with Gasteiger partial charge in [-0.1, -0.05) is 0 Å². The van der Waals surface area contributed by atoms with Gasteiger partial charge in [0.25, 0.3) is 5.91 Å². The molecule has 0 unspecified atom stereocenters. The van der Waals surface area contributed by atoms with E-state index in [0.29, 0.717) is 12.1 Å². The summed E-state index contributed by atoms with van der Waals surface area (Å²) in [6.07, 6.45) is 8.18. The minimum atomic E-state index is -0.0643. The molecule has 0 fully saturated rings. The van der Waals surface area contributed by atoms with E-state index in [4.69, 9.17) is 0 Å². The van der Waals surface area contributed by atoms with Crippen LogP contribution in [0.1, 0.15) is 16.8 Å². The maximum absolute atomic E-state index is 11.6. The average molecular weight is 229 g/mol. The Kier molecular flexibility index (Phi) is 3.91. The van der Waals surface area contributed by atoms with Crippen molar-refractivity contribution in [1.29, 1.82) is 0 Å². The Balaban J connectivity index is 1.70. The van der Waals surface area contributed by atoms with E-state index in [1.165, 1.54) is 0 Å². The summed E-state index contributed by atoms with van der Waals surface area (Å²) in [5.74, 6) is -0.0643. The van der Waals surface area contributed by atoms with E-state index in [1.54, 1.807) is 24.5 Å². The Labute approximate surface area is 100 Å². The predicted molar refractivity (Wildman–Crippen MR) is 65.6 cm³/mol. The van der Waals surface area contributed by atoms with Gasteiger partial charge in [-0.05, 0) is 30.7 Å². The molecule has 4 nitrogen and oxygen atoms in total. The number of hydrogen-bond donors (Lipinski definition) is 1. The van der Waals surface area contributed by atoms with Crippen LogP contribution in [-0.4, -0.2) is 22.0 Å². The topological polar surface area (TPSA) is 46.9 Å². The van der Waals surface area contributed by atoms with Crippen LogP contribution in [0, 0.1) is 0 Å². The lowest BCUT2D eigenvalue weighted by Gasteiger charge is -2.05. The van der Waals surface area contributed by atoms with Crippen LogP contribution >= 0.6 is 0 Å². The van der Waals surface area contributed by atoms with Crippen LogP contribution in [0.2, 0.25) is 0 Å². The number of rotatable bonds is 5. The minimum absolute atomic E-state index is 0.0643. The summed E-state index contributed by atoms with van der Waals surface area (Å²) in [7, 11) is 0. The summed E-state index contributed by atoms with van der Waals surface area (Å²) in [6, 6.07) is 7.51. The molecule has 0 saturated heterocycles. The highest BCUT2D eigenvalue weighted by Gasteiger charge is 2.03. The van der Waals surface area contributed by atoms with Gasteiger partial charge < -0.3 is 9.88 Å². The molecule has 88 valence electrons. The van der Waals surface area contributed by atoms with Crippen molar-refractivity contribution in [2.24, 2.45) is 0 Å². The van der Waals surface area contributed by atoms with Crippen LogP contribution in [0.25, 0.3) is 0 Å². The van der Waals surface area contributed by atoms with E-state index in [-0.39, 0.29) is 5.91 Å². The third-order valence-electron chi connectivity index (χ3n) is 2.47. The van der Waals surface area contributed by atoms with Crippen molar-refractivity contribution < 1.29 is 4.79 Å². The van der Waals surface area contributed by atoms with Gasteiger partial charge in [0.2, 0.25) is 0 Å². The Morgan fingerprint density at radius 3 is 2.82 bits per heavy atom. The first-order chi connectivity index (χ1) is 8.36. The Bertz CT molecular complexity index is 451. The number of hydrogen-bond acceptors (Lipinski definition) is 2. The molecule has 0 saturated carbocycles. The molecule has 0 spiro atoms. The molecule has 1 N–H and O–H groups in total. The monoisotopic (exact) mass is 229 g/mol. The summed E-state index contributed by atoms with van der Waals surface area (Å²) >= 11 is 0. The Hall–Kier alpha value is -2.10. The maximum atomic E-state index is 11.6. The number of carbonyl (C=O) groups excluding carboxylic acids is 1. The number of aryl methyl sites for hydroxylation is 1. The summed E-state index contributed by atoms with van der Waals surface area (Å²) in [4.78, 5) is 15.6. The van der Waals surface area contributed by atoms with Gasteiger partial charge in [0, 0.05) is 37.9 Å². The molecule has 2 rings (SSSR count). The largest absolute Gasteiger partial charge is 0.354 e. The molecule has 1 amide bonds. The quantitative estimate of drug-likeness (QED) is 0.793. The van der Waals surface area contributed by atoms with Crippen molar-refractivity contribution in [3.63, 3.8) is 0 Å². The van der Waals surface area contributed by atoms with Gasteiger partial charge in [0.1, 0.15) is 0 Å². The zero-order chi connectivity index (χ0) is 11.9. The second kappa shape index (κ2) is 5.84. The van der Waals surface area contributed by atoms with Crippen LogP contribution in [0.4, 0.5) is 0 Å². The van der Waals surface area contributed by atoms with Crippen molar-refractivity contribution in [2.45, 2.75) is 13.0 Å². The summed E-state index contributed by atoms with van der Waals surface area (Å²) in [5.41, 5.74) is 0.605. The number of pyridine rings is 1. The average Bonchev–Trinajstić information content (AvgIpc) is 2.88. The number of carbonyl (C=O) groups is 1. The molecular formula is C13H15N3O. The third-order valence-corrected chi connectivity index (χ3v) is 2.47. The summed E-state index contributed by atoms with van der Waals surface area (Å²) in [5, 5.41) is 2.87. The highest BCUT2D eigenvalue weighted by Crippen LogP contribution is 1.96. The SMILES string of the molecule is O=C(NCCCn1cccc1)c1cccnc1. The van der Waals surface area contributed by atoms with Gasteiger partial charge in [0.05, 0.1) is 5.56 Å². The van der Waals surface area contributed by atoms with E-state index >= 15 is 0 Å². The molecule has 0 aliphatic carbocycles. The van der Waals surface area contributed by atoms with Gasteiger partial charge in [-0.15, -0.1) is 0 Å². The zero-order valence-corrected chi connectivity index (χ0v) is 9.54. The first-order valence-electron chi connectivity index (χ1n) is 5.65. The molecule has 2 aromatic heterocycles. The molecule has 0 aliphatic heterocycles. The second-order valence-electron chi connectivity index (χ2n) is 3.77. The minimum Gasteiger partial charge on any atom is -0.354 e. The summed E-state index contributed by atoms with van der Waals surface area (Å²) in [6.45, 7) is 1.59. The van der Waals surface area contributed by atoms with Crippen LogP contribution in [0.3, 0.4) is 0 Å². The fourth-order valence-electron chi connectivity index (χ4n) is 1.58. The van der Waals surface area contributed by atoms with Gasteiger partial charge in [-0.3, -0.25) is 9.78 Å². The molecule has 0 aliphatic rings. The maximum Gasteiger partial charge on any atom is 0.252 e. The van der Waals surface area contributed by atoms with Gasteiger partial charge in [0.15, 0.2) is 0 Å². The second-order valence-corrected chi connectivity index (χ2v) is 3.77. The molecule has 0 atom stereocenters. The molecule has 4 heteroatoms. The number of amides is 1. The zero-order valence-electron chi connectivity index (χ0n) is 9.54. The lowest BCUT2D eigenvalue weighted by Crippen LogP contribution is -2.25. The molecule has 2 aromatic rings. The van der Waals surface area contributed by atoms with E-state index in [1.807, 2.05) is 24.5 Å². The third kappa shape index (κ3) is 3.45. The lowest BCUT2D eigenvalue weighted by atomic mass is 10.2. The number of nitrogens with zero attached hydrogens (tertiary/aromatic N) is 2. The van der Waals surface area contributed by atoms with Crippen LogP contribution in [0.15, 0.2) is 49.1 Å². The van der Waals surface area contributed by atoms with E-state index < -0.39 is 0 Å². The highest BCUT2D eigenvalue weighted by molar-refractivity contribution is 5.93. The molecule has 2 heterocycles. The smallest absolute Gasteiger partial charge is 0.252 e. The first kappa shape index (κ1) is 11.4. The van der Waals surface area contributed by atoms with E-state index in [2.05, 4.69) is 14.9 Å². The fourth-order valence-corrected chi connectivity index (χ4v) is 1.58. The van der Waals surface area contributed by atoms with Crippen molar-refractivity contribution in [2.75, 3.05) is 6.54 Å². The Morgan fingerprint density at radius 1 is 1.29 bits per heavy atom. The van der Waals surface area contributed by atoms with E-state index in [9.17, 15) is 4.79 Å². The van der Waals surface area contributed by atoms with Gasteiger partial charge in [-0.25, -0.2) is 0 Å². The normalized spacial score (nSPS) is 10.1. The van der Waals surface area contributed by atoms with Crippen molar-refractivity contribution in [3.05, 3.63) is 54.6 Å². The number of nitrogens with one attached hydrogen (secondary N) is 1. The summed E-state index contributed by atoms with van der Waals surface area (Å²) < 4.78 is 2.09. The van der Waals surface area contributed by atoms with Crippen LogP contribution in [-0.2, 0) is 6.54 Å². The van der Waals surface area contributed by atoms with Gasteiger partial charge in [-0.2, -0.15) is 0 Å². The van der Waals surface area contributed by atoms with Gasteiger partial charge >= 0.3 is 0 Å². The molecule has 0 radical (unpaired) electrons. The molecule has 0 bridgehead atoms. The molecule has 0 aromatic carbocycles. The lowest BCUT2D eigenvalue weighted by molar-refractivity contribution is 0.0952. The molecular weight excluding hydrogens is 214 g/mol. The van der Waals surface area contributed by atoms with Crippen LogP contribution < -0.4 is 5.32 Å². The van der Waals surface area contributed by atoms with Crippen molar-refractivity contribution in [1.82, 2.24) is 14.9 Å². The highest BCUT2D eigenvalue weighted by atomic mass is 16.1. The first-order valence-corrected chi connectivity index (χ1v) is 5.65. The molecule has 17 heavy (non-hydrogen) atoms. The van der Waals surface area contributed by atoms with Crippen molar-refractivity contribution in [3.8, 4) is 0 Å². The number of aromatic nitrogens is 2. The van der Waals surface area contributed by atoms with Crippen molar-refractivity contribution >= 4 is 5.91 Å². The standard InChI is InChI=1S/C13H15N3O/c17-13(12-5-3-6-14-11-12)15-7-4-10-16-8-1-2-9-16/h1-3,5-6,8-9,11H,4,7,10H2,(H,15,17). The Morgan fingerprint density at radius 2 is 2.12 bits per heavy atom. The van der Waals surface area contributed by atoms with Crippen LogP contribution in [0.5, 0.6) is 0 Å². The van der Waals surface area contributed by atoms with E-state index in [0.717, 1.165) is 13.0 Å². The fraction of sp³-hybridized carbons (Fsp3) is 0.231. The predicted octanol–water partition coefficient (Wildman–Crippen LogP) is 1.70.